The average Bonchev–Trinajstić information content (AvgIpc) is 3.83. The van der Waals surface area contributed by atoms with Crippen molar-refractivity contribution in [2.75, 3.05) is 26.2 Å². The summed E-state index contributed by atoms with van der Waals surface area (Å²) >= 11 is 1.29. The maximum atomic E-state index is 14.3. The molecule has 4 amide bonds. The molecule has 4 heterocycles. The third-order valence-electron chi connectivity index (χ3n) is 9.77. The quantitative estimate of drug-likeness (QED) is 0.381. The second-order valence-corrected chi connectivity index (χ2v) is 13.3. The number of rotatable bonds is 7. The summed E-state index contributed by atoms with van der Waals surface area (Å²) in [4.78, 5) is 75.7. The predicted molar refractivity (Wildman–Crippen MR) is 167 cm³/mol. The smallest absolute Gasteiger partial charge is 0.307 e. The number of ether oxygens (including phenoxy) is 1. The van der Waals surface area contributed by atoms with Crippen LogP contribution in [0.4, 0.5) is 0 Å². The van der Waals surface area contributed by atoms with Crippen molar-refractivity contribution in [3.05, 3.63) is 81.3 Å². The highest BCUT2D eigenvalue weighted by atomic mass is 32.1. The molecule has 4 aliphatic rings. The Bertz CT molecular complexity index is 1670. The highest BCUT2D eigenvalue weighted by Crippen LogP contribution is 2.42. The summed E-state index contributed by atoms with van der Waals surface area (Å²) in [6.07, 6.45) is 4.82. The second-order valence-electron chi connectivity index (χ2n) is 12.4. The predicted octanol–water partition coefficient (Wildman–Crippen LogP) is 4.05. The number of fused-ring (bicyclic) bond motifs is 2. The molecule has 2 aromatic carbocycles. The Hall–Kier alpha value is -4.58. The molecule has 4 atom stereocenters. The van der Waals surface area contributed by atoms with E-state index >= 15 is 0 Å². The van der Waals surface area contributed by atoms with E-state index < -0.39 is 35.7 Å². The van der Waals surface area contributed by atoms with E-state index in [0.717, 1.165) is 18.4 Å². The number of imide groups is 1. The lowest BCUT2D eigenvalue weighted by Crippen LogP contribution is -2.50. The van der Waals surface area contributed by atoms with E-state index in [0.29, 0.717) is 72.6 Å². The molecule has 46 heavy (non-hydrogen) atoms. The number of benzene rings is 2. The van der Waals surface area contributed by atoms with Crippen LogP contribution in [0.5, 0.6) is 5.75 Å². The summed E-state index contributed by atoms with van der Waals surface area (Å²) in [7, 11) is 0. The second kappa shape index (κ2) is 12.3. The lowest BCUT2D eigenvalue weighted by atomic mass is 9.77. The van der Waals surface area contributed by atoms with E-state index in [-0.39, 0.29) is 24.5 Å². The Kier molecular flexibility index (Phi) is 8.06. The monoisotopic (exact) mass is 642 g/mol. The van der Waals surface area contributed by atoms with Gasteiger partial charge >= 0.3 is 5.97 Å². The Morgan fingerprint density at radius 1 is 0.935 bits per heavy atom. The molecule has 12 heteroatoms. The largest absolute Gasteiger partial charge is 0.488 e. The van der Waals surface area contributed by atoms with Gasteiger partial charge in [0.15, 0.2) is 0 Å². The van der Waals surface area contributed by atoms with Gasteiger partial charge in [-0.1, -0.05) is 37.1 Å². The minimum absolute atomic E-state index is 0.0867. The SMILES string of the molecule is O=C(O)C1CCCCC1C(=O)N1CCc2cccc(OC3CCN(C(=O)c4cncs4)C3)c2[C@H]1CN1C(=O)c2ccccc2C1=O. The van der Waals surface area contributed by atoms with Crippen LogP contribution in [0.2, 0.25) is 0 Å². The zero-order valence-electron chi connectivity index (χ0n) is 25.2. The van der Waals surface area contributed by atoms with Crippen LogP contribution in [-0.2, 0) is 16.0 Å². The fourth-order valence-corrected chi connectivity index (χ4v) is 8.06. The van der Waals surface area contributed by atoms with Crippen molar-refractivity contribution in [1.29, 1.82) is 0 Å². The third kappa shape index (κ3) is 5.34. The summed E-state index contributed by atoms with van der Waals surface area (Å²) < 4.78 is 6.59. The maximum Gasteiger partial charge on any atom is 0.307 e. The molecule has 3 aliphatic heterocycles. The van der Waals surface area contributed by atoms with Crippen LogP contribution < -0.4 is 4.74 Å². The topological polar surface area (TPSA) is 137 Å². The Morgan fingerprint density at radius 2 is 1.67 bits per heavy atom. The van der Waals surface area contributed by atoms with Crippen LogP contribution in [0.3, 0.4) is 0 Å². The molecule has 0 bridgehead atoms. The lowest BCUT2D eigenvalue weighted by Gasteiger charge is -2.42. The van der Waals surface area contributed by atoms with Gasteiger partial charge in [-0.2, -0.15) is 0 Å². The highest BCUT2D eigenvalue weighted by molar-refractivity contribution is 7.11. The van der Waals surface area contributed by atoms with E-state index in [9.17, 15) is 29.1 Å². The van der Waals surface area contributed by atoms with Crippen LogP contribution in [0.25, 0.3) is 0 Å². The van der Waals surface area contributed by atoms with Gasteiger partial charge in [0.2, 0.25) is 5.91 Å². The fourth-order valence-electron chi connectivity index (χ4n) is 7.47. The van der Waals surface area contributed by atoms with Gasteiger partial charge in [-0.15, -0.1) is 11.3 Å². The van der Waals surface area contributed by atoms with E-state index in [1.165, 1.54) is 16.2 Å². The summed E-state index contributed by atoms with van der Waals surface area (Å²) in [5.41, 5.74) is 3.92. The Labute approximate surface area is 269 Å². The molecular formula is C34H34N4O7S. The lowest BCUT2D eigenvalue weighted by molar-refractivity contribution is -0.153. The first-order chi connectivity index (χ1) is 22.3. The molecule has 2 fully saturated rings. The number of nitrogens with zero attached hydrogens (tertiary/aromatic N) is 4. The molecule has 11 nitrogen and oxygen atoms in total. The number of amides is 4. The molecule has 238 valence electrons. The van der Waals surface area contributed by atoms with Crippen molar-refractivity contribution in [1.82, 2.24) is 19.7 Å². The van der Waals surface area contributed by atoms with Crippen LogP contribution in [0.1, 0.15) is 79.7 Å². The van der Waals surface area contributed by atoms with Gasteiger partial charge in [0.25, 0.3) is 17.7 Å². The third-order valence-corrected chi connectivity index (χ3v) is 10.5. The molecule has 1 N–H and O–H groups in total. The first-order valence-corrected chi connectivity index (χ1v) is 16.6. The zero-order valence-corrected chi connectivity index (χ0v) is 26.0. The number of aliphatic carboxylic acids is 1. The number of hydrogen-bond donors (Lipinski definition) is 1. The molecule has 1 aromatic heterocycles. The summed E-state index contributed by atoms with van der Waals surface area (Å²) in [5, 5.41) is 9.98. The van der Waals surface area contributed by atoms with Gasteiger partial charge < -0.3 is 19.6 Å². The average molecular weight is 643 g/mol. The van der Waals surface area contributed by atoms with Crippen molar-refractivity contribution in [2.45, 2.75) is 50.7 Å². The fraction of sp³-hybridized carbons (Fsp3) is 0.412. The Morgan fingerprint density at radius 3 is 2.37 bits per heavy atom. The standard InChI is InChI=1S/C34H34N4O7S/c39-30(24-9-3-4-10-25(24)34(43)44)37-15-12-20-6-5-11-27(45-21-13-14-36(17-21)33(42)28-16-35-19-46-28)29(20)26(37)18-38-31(40)22-7-1-2-8-23(22)32(38)41/h1-2,5-8,11,16,19,21,24-26H,3-4,9-10,12-15,17-18H2,(H,43,44)/t21?,24?,25?,26-/m1/s1. The minimum atomic E-state index is -0.977. The number of carboxylic acid groups (broad SMARTS) is 1. The number of carbonyl (C=O) groups is 5. The van der Waals surface area contributed by atoms with Gasteiger partial charge in [0, 0.05) is 25.1 Å². The number of likely N-dealkylation sites (tertiary alicyclic amines) is 1. The van der Waals surface area contributed by atoms with Gasteiger partial charge in [-0.25, -0.2) is 0 Å². The van der Waals surface area contributed by atoms with Crippen molar-refractivity contribution in [3.63, 3.8) is 0 Å². The molecule has 1 saturated heterocycles. The molecular weight excluding hydrogens is 608 g/mol. The summed E-state index contributed by atoms with van der Waals surface area (Å²) in [6, 6.07) is 11.6. The van der Waals surface area contributed by atoms with E-state index in [4.69, 9.17) is 4.74 Å². The van der Waals surface area contributed by atoms with E-state index in [1.54, 1.807) is 45.8 Å². The summed E-state index contributed by atoms with van der Waals surface area (Å²) in [6.45, 7) is 1.15. The molecule has 1 saturated carbocycles. The van der Waals surface area contributed by atoms with Crippen LogP contribution >= 0.6 is 11.3 Å². The van der Waals surface area contributed by atoms with E-state index in [1.807, 2.05) is 18.2 Å². The number of carbonyl (C=O) groups excluding carboxylic acids is 4. The van der Waals surface area contributed by atoms with Crippen molar-refractivity contribution in [3.8, 4) is 5.75 Å². The molecule has 0 radical (unpaired) electrons. The normalized spacial score (nSPS) is 24.1. The first-order valence-electron chi connectivity index (χ1n) is 15.8. The van der Waals surface area contributed by atoms with Gasteiger partial charge in [-0.3, -0.25) is 33.9 Å². The molecule has 0 spiro atoms. The van der Waals surface area contributed by atoms with Crippen molar-refractivity contribution >= 4 is 40.9 Å². The van der Waals surface area contributed by atoms with Gasteiger partial charge in [0.1, 0.15) is 16.7 Å². The van der Waals surface area contributed by atoms with Crippen LogP contribution in [-0.4, -0.2) is 86.7 Å². The number of thiazole rings is 1. The molecule has 3 aromatic rings. The first kappa shape index (κ1) is 30.1. The molecule has 1 aliphatic carbocycles. The molecule has 3 unspecified atom stereocenters. The van der Waals surface area contributed by atoms with Gasteiger partial charge in [0.05, 0.1) is 53.8 Å². The molecule has 7 rings (SSSR count). The number of carboxylic acids is 1. The zero-order chi connectivity index (χ0) is 31.9. The van der Waals surface area contributed by atoms with Crippen molar-refractivity contribution in [2.24, 2.45) is 11.8 Å². The van der Waals surface area contributed by atoms with Crippen molar-refractivity contribution < 1.29 is 33.8 Å². The summed E-state index contributed by atoms with van der Waals surface area (Å²) in [5.74, 6) is -3.12. The number of aromatic nitrogens is 1. The number of hydrogen-bond acceptors (Lipinski definition) is 8. The Balaban J connectivity index is 1.22. The van der Waals surface area contributed by atoms with Gasteiger partial charge in [-0.05, 0) is 43.0 Å². The van der Waals surface area contributed by atoms with Crippen LogP contribution in [0.15, 0.2) is 54.2 Å². The van der Waals surface area contributed by atoms with Crippen LogP contribution in [0, 0.1) is 11.8 Å². The van der Waals surface area contributed by atoms with E-state index in [2.05, 4.69) is 4.98 Å². The highest BCUT2D eigenvalue weighted by Gasteiger charge is 2.45. The minimum Gasteiger partial charge on any atom is -0.488 e. The maximum absolute atomic E-state index is 14.3.